The second kappa shape index (κ2) is 9.61. The summed E-state index contributed by atoms with van der Waals surface area (Å²) in [4.78, 5) is 17.4. The van der Waals surface area contributed by atoms with Crippen molar-refractivity contribution < 1.29 is 9.21 Å². The topological polar surface area (TPSA) is 62.5 Å². The van der Waals surface area contributed by atoms with E-state index >= 15 is 0 Å². The molecule has 1 aromatic heterocycles. The van der Waals surface area contributed by atoms with Crippen molar-refractivity contribution in [2.45, 2.75) is 20.4 Å². The number of hydrogen-bond acceptors (Lipinski definition) is 5. The molecule has 6 heteroatoms. The molecule has 1 saturated heterocycles. The molecule has 1 amide bonds. The van der Waals surface area contributed by atoms with E-state index in [9.17, 15) is 4.79 Å². The van der Waals surface area contributed by atoms with Crippen molar-refractivity contribution in [2.75, 3.05) is 26.2 Å². The third-order valence-electron chi connectivity index (χ3n) is 6.38. The highest BCUT2D eigenvalue weighted by Crippen LogP contribution is 2.25. The van der Waals surface area contributed by atoms with Crippen LogP contribution in [0.3, 0.4) is 0 Å². The number of carbonyl (C=O) groups excluding carboxylic acids is 1. The van der Waals surface area contributed by atoms with E-state index in [-0.39, 0.29) is 5.91 Å². The molecule has 2 heterocycles. The highest BCUT2D eigenvalue weighted by atomic mass is 16.4. The van der Waals surface area contributed by atoms with Gasteiger partial charge in [-0.05, 0) is 61.4 Å². The summed E-state index contributed by atoms with van der Waals surface area (Å²) in [7, 11) is 0. The minimum Gasteiger partial charge on any atom is -0.416 e. The molecule has 0 saturated carbocycles. The second-order valence-electron chi connectivity index (χ2n) is 8.85. The number of hydrogen-bond donors (Lipinski definition) is 0. The first-order valence-corrected chi connectivity index (χ1v) is 11.6. The van der Waals surface area contributed by atoms with E-state index in [1.807, 2.05) is 60.4 Å². The third-order valence-corrected chi connectivity index (χ3v) is 6.38. The molecule has 1 aliphatic heterocycles. The van der Waals surface area contributed by atoms with E-state index in [0.29, 0.717) is 17.3 Å². The van der Waals surface area contributed by atoms with Gasteiger partial charge in [0.1, 0.15) is 0 Å². The molecule has 0 spiro atoms. The molecule has 0 aliphatic carbocycles. The number of carbonyl (C=O) groups is 1. The van der Waals surface area contributed by atoms with Crippen LogP contribution >= 0.6 is 0 Å². The summed E-state index contributed by atoms with van der Waals surface area (Å²) >= 11 is 0. The molecule has 0 N–H and O–H groups in total. The molecule has 4 aromatic rings. The van der Waals surface area contributed by atoms with Gasteiger partial charge in [-0.3, -0.25) is 9.69 Å². The zero-order valence-corrected chi connectivity index (χ0v) is 19.6. The zero-order chi connectivity index (χ0) is 23.5. The van der Waals surface area contributed by atoms with Crippen molar-refractivity contribution in [1.29, 1.82) is 0 Å². The van der Waals surface area contributed by atoms with Crippen LogP contribution in [-0.2, 0) is 6.54 Å². The SMILES string of the molecule is Cc1cccc(-c2nnc(-c3ccc(C(=O)N4CCN(Cc5ccccc5C)CC4)cc3)o2)c1. The molecular formula is C28H28N4O2. The van der Waals surface area contributed by atoms with E-state index < -0.39 is 0 Å². The lowest BCUT2D eigenvalue weighted by Gasteiger charge is -2.35. The predicted octanol–water partition coefficient (Wildman–Crippen LogP) is 4.98. The van der Waals surface area contributed by atoms with E-state index in [1.165, 1.54) is 11.1 Å². The average molecular weight is 453 g/mol. The quantitative estimate of drug-likeness (QED) is 0.427. The smallest absolute Gasteiger partial charge is 0.253 e. The minimum absolute atomic E-state index is 0.0630. The first-order chi connectivity index (χ1) is 16.6. The molecule has 34 heavy (non-hydrogen) atoms. The Kier molecular flexibility index (Phi) is 6.23. The van der Waals surface area contributed by atoms with Gasteiger partial charge in [-0.1, -0.05) is 42.0 Å². The van der Waals surface area contributed by atoms with Crippen molar-refractivity contribution in [1.82, 2.24) is 20.0 Å². The van der Waals surface area contributed by atoms with Gasteiger partial charge in [0, 0.05) is 49.4 Å². The number of amides is 1. The number of nitrogens with zero attached hydrogens (tertiary/aromatic N) is 4. The first kappa shape index (κ1) is 22.0. The highest BCUT2D eigenvalue weighted by molar-refractivity contribution is 5.94. The fourth-order valence-corrected chi connectivity index (χ4v) is 4.31. The number of benzene rings is 3. The van der Waals surface area contributed by atoms with Gasteiger partial charge in [-0.25, -0.2) is 0 Å². The normalized spacial score (nSPS) is 14.4. The summed E-state index contributed by atoms with van der Waals surface area (Å²) in [6, 6.07) is 23.9. The van der Waals surface area contributed by atoms with Gasteiger partial charge in [-0.2, -0.15) is 0 Å². The number of piperazine rings is 1. The maximum absolute atomic E-state index is 13.0. The molecule has 172 valence electrons. The molecule has 0 bridgehead atoms. The highest BCUT2D eigenvalue weighted by Gasteiger charge is 2.22. The number of aryl methyl sites for hydroxylation is 2. The lowest BCUT2D eigenvalue weighted by atomic mass is 10.1. The lowest BCUT2D eigenvalue weighted by molar-refractivity contribution is 0.0628. The van der Waals surface area contributed by atoms with Gasteiger partial charge in [0.05, 0.1) is 0 Å². The molecule has 6 nitrogen and oxygen atoms in total. The Labute approximate surface area is 199 Å². The fourth-order valence-electron chi connectivity index (χ4n) is 4.31. The van der Waals surface area contributed by atoms with Crippen LogP contribution in [0, 0.1) is 13.8 Å². The summed E-state index contributed by atoms with van der Waals surface area (Å²) in [5.41, 5.74) is 6.17. The van der Waals surface area contributed by atoms with Crippen LogP contribution in [0.2, 0.25) is 0 Å². The molecule has 0 atom stereocenters. The van der Waals surface area contributed by atoms with Gasteiger partial charge < -0.3 is 9.32 Å². The van der Waals surface area contributed by atoms with Crippen LogP contribution in [0.15, 0.2) is 77.2 Å². The van der Waals surface area contributed by atoms with Crippen molar-refractivity contribution in [2.24, 2.45) is 0 Å². The monoisotopic (exact) mass is 452 g/mol. The average Bonchev–Trinajstić information content (AvgIpc) is 3.36. The Morgan fingerprint density at radius 2 is 1.53 bits per heavy atom. The molecule has 1 fully saturated rings. The molecule has 3 aromatic carbocycles. The maximum atomic E-state index is 13.0. The van der Waals surface area contributed by atoms with Crippen LogP contribution in [0.1, 0.15) is 27.0 Å². The van der Waals surface area contributed by atoms with Crippen molar-refractivity contribution >= 4 is 5.91 Å². The van der Waals surface area contributed by atoms with Gasteiger partial charge in [-0.15, -0.1) is 10.2 Å². The fraction of sp³-hybridized carbons (Fsp3) is 0.250. The standard InChI is InChI=1S/C28H28N4O2/c1-20-6-5-9-24(18-20)27-30-29-26(34-27)22-10-12-23(13-11-22)28(33)32-16-14-31(15-17-32)19-25-8-4-3-7-21(25)2/h3-13,18H,14-17,19H2,1-2H3. The predicted molar refractivity (Wildman–Crippen MR) is 132 cm³/mol. The second-order valence-corrected chi connectivity index (χ2v) is 8.85. The van der Waals surface area contributed by atoms with E-state index in [1.54, 1.807) is 0 Å². The number of aromatic nitrogens is 2. The molecule has 0 unspecified atom stereocenters. The van der Waals surface area contributed by atoms with Gasteiger partial charge >= 0.3 is 0 Å². The Bertz CT molecular complexity index is 1290. The van der Waals surface area contributed by atoms with Gasteiger partial charge in [0.25, 0.3) is 5.91 Å². The lowest BCUT2D eigenvalue weighted by Crippen LogP contribution is -2.48. The van der Waals surface area contributed by atoms with Gasteiger partial charge in [0.15, 0.2) is 0 Å². The van der Waals surface area contributed by atoms with Crippen LogP contribution in [0.4, 0.5) is 0 Å². The summed E-state index contributed by atoms with van der Waals surface area (Å²) in [5, 5.41) is 8.37. The molecule has 1 aliphatic rings. The molecular weight excluding hydrogens is 424 g/mol. The summed E-state index contributed by atoms with van der Waals surface area (Å²) in [6.07, 6.45) is 0. The maximum Gasteiger partial charge on any atom is 0.253 e. The Balaban J connectivity index is 1.20. The van der Waals surface area contributed by atoms with Crippen LogP contribution in [-0.4, -0.2) is 52.1 Å². The van der Waals surface area contributed by atoms with E-state index in [0.717, 1.165) is 49.4 Å². The van der Waals surface area contributed by atoms with Crippen molar-refractivity contribution in [3.8, 4) is 22.9 Å². The zero-order valence-electron chi connectivity index (χ0n) is 19.6. The van der Waals surface area contributed by atoms with Crippen molar-refractivity contribution in [3.05, 3.63) is 95.1 Å². The summed E-state index contributed by atoms with van der Waals surface area (Å²) < 4.78 is 5.87. The Morgan fingerprint density at radius 3 is 2.24 bits per heavy atom. The first-order valence-electron chi connectivity index (χ1n) is 11.6. The molecule has 0 radical (unpaired) electrons. The summed E-state index contributed by atoms with van der Waals surface area (Å²) in [6.45, 7) is 8.32. The van der Waals surface area contributed by atoms with Crippen LogP contribution < -0.4 is 0 Å². The molecule has 5 rings (SSSR count). The van der Waals surface area contributed by atoms with Crippen LogP contribution in [0.25, 0.3) is 22.9 Å². The van der Waals surface area contributed by atoms with Crippen LogP contribution in [0.5, 0.6) is 0 Å². The third kappa shape index (κ3) is 4.77. The van der Waals surface area contributed by atoms with Gasteiger partial charge in [0.2, 0.25) is 11.8 Å². The van der Waals surface area contributed by atoms with E-state index in [4.69, 9.17) is 4.42 Å². The largest absolute Gasteiger partial charge is 0.416 e. The van der Waals surface area contributed by atoms with Crippen molar-refractivity contribution in [3.63, 3.8) is 0 Å². The summed E-state index contributed by atoms with van der Waals surface area (Å²) in [5.74, 6) is 0.996. The Morgan fingerprint density at radius 1 is 0.824 bits per heavy atom. The Hall–Kier alpha value is -3.77. The minimum atomic E-state index is 0.0630. The van der Waals surface area contributed by atoms with E-state index in [2.05, 4.69) is 46.3 Å². The number of rotatable bonds is 5.